The van der Waals surface area contributed by atoms with Gasteiger partial charge in [-0.15, -0.1) is 0 Å². The molecule has 17 heavy (non-hydrogen) atoms. The van der Waals surface area contributed by atoms with Crippen molar-refractivity contribution in [2.45, 2.75) is 6.42 Å². The number of non-ortho nitro benzene ring substituents is 1. The largest absolute Gasteiger partial charge is 0.293 e. The Hall–Kier alpha value is -2.73. The van der Waals surface area contributed by atoms with E-state index in [2.05, 4.69) is 0 Å². The van der Waals surface area contributed by atoms with E-state index in [0.29, 0.717) is 0 Å². The van der Waals surface area contributed by atoms with Crippen molar-refractivity contribution in [3.05, 3.63) is 39.9 Å². The third-order valence-corrected chi connectivity index (χ3v) is 2.13. The van der Waals surface area contributed by atoms with Crippen LogP contribution in [0.1, 0.15) is 16.8 Å². The number of rotatable bonds is 4. The van der Waals surface area contributed by atoms with E-state index in [0.717, 1.165) is 0 Å². The van der Waals surface area contributed by atoms with E-state index in [1.54, 1.807) is 12.1 Å². The van der Waals surface area contributed by atoms with Gasteiger partial charge in [0.15, 0.2) is 5.78 Å². The number of ketones is 1. The van der Waals surface area contributed by atoms with Gasteiger partial charge in [-0.1, -0.05) is 0 Å². The van der Waals surface area contributed by atoms with E-state index < -0.39 is 16.6 Å². The molecule has 0 aliphatic rings. The fourth-order valence-corrected chi connectivity index (χ4v) is 1.24. The molecule has 84 valence electrons. The second-order valence-corrected chi connectivity index (χ2v) is 3.21. The summed E-state index contributed by atoms with van der Waals surface area (Å²) in [6.45, 7) is 0. The molecule has 0 N–H and O–H groups in total. The Bertz CT molecular complexity index is 522. The number of nitro benzene ring substituents is 1. The molecule has 1 aromatic rings. The van der Waals surface area contributed by atoms with Gasteiger partial charge in [-0.3, -0.25) is 14.9 Å². The summed E-state index contributed by atoms with van der Waals surface area (Å²) in [6.07, 6.45) is -0.188. The second-order valence-electron chi connectivity index (χ2n) is 3.21. The summed E-state index contributed by atoms with van der Waals surface area (Å²) in [6, 6.07) is 8.42. The zero-order valence-electron chi connectivity index (χ0n) is 8.66. The number of hydrogen-bond acceptors (Lipinski definition) is 5. The molecular formula is C11H7N3O3. The van der Waals surface area contributed by atoms with E-state index in [1.165, 1.54) is 24.3 Å². The van der Waals surface area contributed by atoms with Crippen LogP contribution in [0.25, 0.3) is 0 Å². The summed E-state index contributed by atoms with van der Waals surface area (Å²) in [5.74, 6) is -1.52. The van der Waals surface area contributed by atoms with Crippen molar-refractivity contribution in [1.29, 1.82) is 10.5 Å². The third-order valence-electron chi connectivity index (χ3n) is 2.13. The van der Waals surface area contributed by atoms with Crippen LogP contribution in [0.4, 0.5) is 5.69 Å². The first kappa shape index (κ1) is 12.3. The summed E-state index contributed by atoms with van der Waals surface area (Å²) >= 11 is 0. The zero-order chi connectivity index (χ0) is 12.8. The van der Waals surface area contributed by atoms with Crippen LogP contribution in [0, 0.1) is 38.7 Å². The molecule has 1 aromatic carbocycles. The number of Topliss-reactive ketones (excluding diaryl/α,β-unsaturated/α-hetero) is 1. The Morgan fingerprint density at radius 2 is 1.94 bits per heavy atom. The van der Waals surface area contributed by atoms with Crippen LogP contribution in [0.3, 0.4) is 0 Å². The first-order chi connectivity index (χ1) is 8.10. The second kappa shape index (κ2) is 5.38. The third kappa shape index (κ3) is 2.86. The average Bonchev–Trinajstić information content (AvgIpc) is 2.35. The minimum absolute atomic E-state index is 0.129. The number of nitro groups is 1. The minimum atomic E-state index is -1.03. The van der Waals surface area contributed by atoms with Crippen molar-refractivity contribution in [2.75, 3.05) is 0 Å². The minimum Gasteiger partial charge on any atom is -0.293 e. The monoisotopic (exact) mass is 229 g/mol. The van der Waals surface area contributed by atoms with Crippen LogP contribution >= 0.6 is 0 Å². The molecule has 0 amide bonds. The lowest BCUT2D eigenvalue weighted by atomic mass is 9.96. The molecule has 1 atom stereocenters. The Morgan fingerprint density at radius 3 is 2.35 bits per heavy atom. The molecule has 0 spiro atoms. The predicted molar refractivity (Wildman–Crippen MR) is 56.8 cm³/mol. The Morgan fingerprint density at radius 1 is 1.35 bits per heavy atom. The predicted octanol–water partition coefficient (Wildman–Crippen LogP) is 1.83. The molecule has 0 heterocycles. The van der Waals surface area contributed by atoms with Crippen molar-refractivity contribution in [3.8, 4) is 12.1 Å². The highest BCUT2D eigenvalue weighted by Crippen LogP contribution is 2.16. The van der Waals surface area contributed by atoms with Gasteiger partial charge >= 0.3 is 0 Å². The Balaban J connectivity index is 2.94. The molecule has 0 radical (unpaired) electrons. The van der Waals surface area contributed by atoms with Crippen LogP contribution in [0.2, 0.25) is 0 Å². The molecule has 6 heteroatoms. The number of nitriles is 2. The molecule has 0 aliphatic heterocycles. The number of benzene rings is 1. The first-order valence-corrected chi connectivity index (χ1v) is 4.65. The van der Waals surface area contributed by atoms with E-state index in [4.69, 9.17) is 10.5 Å². The molecule has 0 saturated carbocycles. The van der Waals surface area contributed by atoms with Crippen molar-refractivity contribution in [3.63, 3.8) is 0 Å². The number of nitrogens with zero attached hydrogens (tertiary/aromatic N) is 3. The maximum Gasteiger partial charge on any atom is 0.269 e. The highest BCUT2D eigenvalue weighted by atomic mass is 16.6. The van der Waals surface area contributed by atoms with Gasteiger partial charge in [0, 0.05) is 17.7 Å². The SMILES string of the molecule is N#CCC(C#N)C(=O)c1ccc([N+](=O)[O-])cc1. The van der Waals surface area contributed by atoms with Crippen molar-refractivity contribution in [2.24, 2.45) is 5.92 Å². The normalized spacial score (nSPS) is 10.9. The molecule has 6 nitrogen and oxygen atoms in total. The smallest absolute Gasteiger partial charge is 0.269 e. The van der Waals surface area contributed by atoms with E-state index in [1.807, 2.05) is 0 Å². The maximum absolute atomic E-state index is 11.7. The Kier molecular flexibility index (Phi) is 3.91. The maximum atomic E-state index is 11.7. The topological polar surface area (TPSA) is 108 Å². The summed E-state index contributed by atoms with van der Waals surface area (Å²) in [4.78, 5) is 21.5. The molecule has 0 fully saturated rings. The number of carbonyl (C=O) groups excluding carboxylic acids is 1. The number of hydrogen-bond donors (Lipinski definition) is 0. The van der Waals surface area contributed by atoms with Gasteiger partial charge in [0.25, 0.3) is 5.69 Å². The van der Waals surface area contributed by atoms with Crippen LogP contribution in [-0.4, -0.2) is 10.7 Å². The summed E-state index contributed by atoms with van der Waals surface area (Å²) in [5, 5.41) is 27.5. The highest BCUT2D eigenvalue weighted by Gasteiger charge is 2.19. The molecule has 0 aliphatic carbocycles. The van der Waals surface area contributed by atoms with Crippen LogP contribution in [-0.2, 0) is 0 Å². The van der Waals surface area contributed by atoms with E-state index in [9.17, 15) is 14.9 Å². The van der Waals surface area contributed by atoms with Gasteiger partial charge < -0.3 is 0 Å². The molecule has 0 aromatic heterocycles. The summed E-state index contributed by atoms with van der Waals surface area (Å²) in [7, 11) is 0. The van der Waals surface area contributed by atoms with Crippen molar-refractivity contribution >= 4 is 11.5 Å². The average molecular weight is 229 g/mol. The quantitative estimate of drug-likeness (QED) is 0.444. The molecule has 1 unspecified atom stereocenters. The molecular weight excluding hydrogens is 222 g/mol. The highest BCUT2D eigenvalue weighted by molar-refractivity contribution is 5.99. The van der Waals surface area contributed by atoms with Crippen LogP contribution in [0.15, 0.2) is 24.3 Å². The van der Waals surface area contributed by atoms with E-state index >= 15 is 0 Å². The van der Waals surface area contributed by atoms with Crippen molar-refractivity contribution < 1.29 is 9.72 Å². The fourth-order valence-electron chi connectivity index (χ4n) is 1.24. The van der Waals surface area contributed by atoms with Crippen LogP contribution in [0.5, 0.6) is 0 Å². The van der Waals surface area contributed by atoms with Crippen LogP contribution < -0.4 is 0 Å². The lowest BCUT2D eigenvalue weighted by molar-refractivity contribution is -0.384. The van der Waals surface area contributed by atoms with Gasteiger partial charge in [-0.05, 0) is 12.1 Å². The van der Waals surface area contributed by atoms with Gasteiger partial charge in [-0.25, -0.2) is 0 Å². The Labute approximate surface area is 96.9 Å². The van der Waals surface area contributed by atoms with Gasteiger partial charge in [0.05, 0.1) is 23.5 Å². The fraction of sp³-hybridized carbons (Fsp3) is 0.182. The lowest BCUT2D eigenvalue weighted by Crippen LogP contribution is -2.12. The van der Waals surface area contributed by atoms with Gasteiger partial charge in [0.2, 0.25) is 0 Å². The standard InChI is InChI=1S/C11H7N3O3/c12-6-5-9(7-13)11(15)8-1-3-10(4-2-8)14(16)17/h1-4,9H,5H2. The molecule has 0 bridgehead atoms. The van der Waals surface area contributed by atoms with Gasteiger partial charge in [-0.2, -0.15) is 10.5 Å². The summed E-state index contributed by atoms with van der Waals surface area (Å²) < 4.78 is 0. The van der Waals surface area contributed by atoms with E-state index in [-0.39, 0.29) is 17.7 Å². The zero-order valence-corrected chi connectivity index (χ0v) is 8.66. The lowest BCUT2D eigenvalue weighted by Gasteiger charge is -2.03. The van der Waals surface area contributed by atoms with Crippen molar-refractivity contribution in [1.82, 2.24) is 0 Å². The molecule has 0 saturated heterocycles. The number of carbonyl (C=O) groups is 1. The first-order valence-electron chi connectivity index (χ1n) is 4.65. The molecule has 1 rings (SSSR count). The van der Waals surface area contributed by atoms with Gasteiger partial charge in [0.1, 0.15) is 5.92 Å². The summed E-state index contributed by atoms with van der Waals surface area (Å²) in [5.41, 5.74) is 0.0627.